The van der Waals surface area contributed by atoms with Crippen molar-refractivity contribution >= 4 is 17.5 Å². The minimum Gasteiger partial charge on any atom is -0.395 e. The van der Waals surface area contributed by atoms with Gasteiger partial charge in [0.15, 0.2) is 0 Å². The fourth-order valence-corrected chi connectivity index (χ4v) is 1.95. The number of carbonyl (C=O) groups excluding carboxylic acids is 2. The second-order valence-electron chi connectivity index (χ2n) is 4.62. The van der Waals surface area contributed by atoms with Crippen molar-refractivity contribution in [2.45, 2.75) is 25.3 Å². The maximum atomic E-state index is 13.8. The van der Waals surface area contributed by atoms with Crippen LogP contribution in [0.5, 0.6) is 0 Å². The number of carbonyl (C=O) groups is 2. The van der Waals surface area contributed by atoms with Crippen molar-refractivity contribution in [3.05, 3.63) is 29.6 Å². The van der Waals surface area contributed by atoms with Crippen LogP contribution < -0.4 is 10.6 Å². The third kappa shape index (κ3) is 4.04. The molecule has 2 rings (SSSR count). The van der Waals surface area contributed by atoms with Crippen LogP contribution in [0.1, 0.15) is 24.8 Å². The van der Waals surface area contributed by atoms with E-state index in [-0.39, 0.29) is 30.4 Å². The van der Waals surface area contributed by atoms with Crippen LogP contribution in [0, 0.1) is 17.7 Å². The number of amides is 2. The molecular weight excluding hydrogens is 275 g/mol. The van der Waals surface area contributed by atoms with Crippen molar-refractivity contribution in [2.24, 2.45) is 0 Å². The standard InChI is InChI=1S/C15H15FN2O3/c16-12-9-11(5-4-10(12)3-1-2-8-19)17-15(21)13-6-7-14(20)18-13/h4-5,9,13,19H,2,6-8H2,(H,17,21)(H,18,20). The van der Waals surface area contributed by atoms with Gasteiger partial charge in [0.2, 0.25) is 11.8 Å². The van der Waals surface area contributed by atoms with Crippen molar-refractivity contribution in [3.8, 4) is 11.8 Å². The second kappa shape index (κ2) is 6.86. The Morgan fingerprint density at radius 2 is 2.33 bits per heavy atom. The zero-order valence-electron chi connectivity index (χ0n) is 11.3. The third-order valence-corrected chi connectivity index (χ3v) is 3.01. The Hall–Kier alpha value is -2.39. The van der Waals surface area contributed by atoms with Gasteiger partial charge >= 0.3 is 0 Å². The summed E-state index contributed by atoms with van der Waals surface area (Å²) in [5.41, 5.74) is 0.516. The highest BCUT2D eigenvalue weighted by Crippen LogP contribution is 2.15. The topological polar surface area (TPSA) is 78.4 Å². The highest BCUT2D eigenvalue weighted by Gasteiger charge is 2.27. The van der Waals surface area contributed by atoms with E-state index in [2.05, 4.69) is 22.5 Å². The fourth-order valence-electron chi connectivity index (χ4n) is 1.95. The number of aliphatic hydroxyl groups excluding tert-OH is 1. The minimum atomic E-state index is -0.565. The Morgan fingerprint density at radius 1 is 1.52 bits per heavy atom. The van der Waals surface area contributed by atoms with E-state index < -0.39 is 11.9 Å². The molecule has 1 aromatic rings. The van der Waals surface area contributed by atoms with Gasteiger partial charge in [-0.05, 0) is 24.6 Å². The fraction of sp³-hybridized carbons (Fsp3) is 0.333. The largest absolute Gasteiger partial charge is 0.395 e. The van der Waals surface area contributed by atoms with Crippen LogP contribution in [0.4, 0.5) is 10.1 Å². The van der Waals surface area contributed by atoms with E-state index >= 15 is 0 Å². The first-order valence-electron chi connectivity index (χ1n) is 6.59. The Bertz CT molecular complexity index is 619. The van der Waals surface area contributed by atoms with E-state index in [1.165, 1.54) is 12.1 Å². The molecule has 0 aromatic heterocycles. The normalized spacial score (nSPS) is 16.9. The van der Waals surface area contributed by atoms with Crippen molar-refractivity contribution in [3.63, 3.8) is 0 Å². The van der Waals surface area contributed by atoms with Gasteiger partial charge in [-0.1, -0.05) is 11.8 Å². The van der Waals surface area contributed by atoms with Crippen molar-refractivity contribution in [1.82, 2.24) is 5.32 Å². The van der Waals surface area contributed by atoms with Gasteiger partial charge in [-0.15, -0.1) is 0 Å². The Morgan fingerprint density at radius 3 is 2.95 bits per heavy atom. The number of anilines is 1. The van der Waals surface area contributed by atoms with Gasteiger partial charge in [0, 0.05) is 18.5 Å². The van der Waals surface area contributed by atoms with Crippen molar-refractivity contribution in [1.29, 1.82) is 0 Å². The Balaban J connectivity index is 2.02. The van der Waals surface area contributed by atoms with E-state index in [1.807, 2.05) is 0 Å². The van der Waals surface area contributed by atoms with Gasteiger partial charge in [-0.3, -0.25) is 9.59 Å². The first-order valence-corrected chi connectivity index (χ1v) is 6.59. The molecule has 1 unspecified atom stereocenters. The van der Waals surface area contributed by atoms with E-state index in [1.54, 1.807) is 6.07 Å². The molecule has 110 valence electrons. The molecule has 3 N–H and O–H groups in total. The number of benzene rings is 1. The highest BCUT2D eigenvalue weighted by atomic mass is 19.1. The molecule has 5 nitrogen and oxygen atoms in total. The molecule has 0 aliphatic carbocycles. The molecule has 1 atom stereocenters. The summed E-state index contributed by atoms with van der Waals surface area (Å²) in [6, 6.07) is 3.62. The van der Waals surface area contributed by atoms with Crippen LogP contribution >= 0.6 is 0 Å². The van der Waals surface area contributed by atoms with Crippen molar-refractivity contribution < 1.29 is 19.1 Å². The van der Waals surface area contributed by atoms with Crippen molar-refractivity contribution in [2.75, 3.05) is 11.9 Å². The van der Waals surface area contributed by atoms with Crippen LogP contribution in [-0.2, 0) is 9.59 Å². The number of nitrogens with one attached hydrogen (secondary N) is 2. The summed E-state index contributed by atoms with van der Waals surface area (Å²) in [5, 5.41) is 13.7. The van der Waals surface area contributed by atoms with E-state index in [9.17, 15) is 14.0 Å². The molecule has 0 saturated carbocycles. The van der Waals surface area contributed by atoms with Crippen LogP contribution in [0.25, 0.3) is 0 Å². The lowest BCUT2D eigenvalue weighted by atomic mass is 10.1. The smallest absolute Gasteiger partial charge is 0.246 e. The highest BCUT2D eigenvalue weighted by molar-refractivity contribution is 5.99. The quantitative estimate of drug-likeness (QED) is 0.720. The lowest BCUT2D eigenvalue weighted by Crippen LogP contribution is -2.37. The molecular formula is C15H15FN2O3. The molecule has 2 amide bonds. The SMILES string of the molecule is O=C1CCC(C(=O)Nc2ccc(C#CCCO)c(F)c2)N1. The number of hydrogen-bond acceptors (Lipinski definition) is 3. The predicted molar refractivity (Wildman–Crippen MR) is 74.8 cm³/mol. The summed E-state index contributed by atoms with van der Waals surface area (Å²) in [7, 11) is 0. The first-order chi connectivity index (χ1) is 10.1. The number of hydrogen-bond donors (Lipinski definition) is 3. The molecule has 21 heavy (non-hydrogen) atoms. The minimum absolute atomic E-state index is 0.0735. The summed E-state index contributed by atoms with van der Waals surface area (Å²) in [4.78, 5) is 22.9. The van der Waals surface area contributed by atoms with E-state index in [0.717, 1.165) is 0 Å². The zero-order chi connectivity index (χ0) is 15.2. The Labute approximate surface area is 121 Å². The summed E-state index contributed by atoms with van der Waals surface area (Å²) < 4.78 is 13.8. The molecule has 0 spiro atoms. The Kier molecular flexibility index (Phi) is 4.90. The zero-order valence-corrected chi connectivity index (χ0v) is 11.3. The summed E-state index contributed by atoms with van der Waals surface area (Å²) in [6.07, 6.45) is 1.04. The van der Waals surface area contributed by atoms with Gasteiger partial charge in [0.05, 0.1) is 12.2 Å². The van der Waals surface area contributed by atoms with Gasteiger partial charge in [-0.25, -0.2) is 4.39 Å². The molecule has 1 heterocycles. The van der Waals surface area contributed by atoms with Gasteiger partial charge < -0.3 is 15.7 Å². The van der Waals surface area contributed by atoms with E-state index in [4.69, 9.17) is 5.11 Å². The number of rotatable bonds is 3. The van der Waals surface area contributed by atoms with Gasteiger partial charge in [0.1, 0.15) is 11.9 Å². The molecule has 6 heteroatoms. The molecule has 1 saturated heterocycles. The van der Waals surface area contributed by atoms with Crippen LogP contribution in [0.2, 0.25) is 0 Å². The lowest BCUT2D eigenvalue weighted by Gasteiger charge is -2.11. The average molecular weight is 290 g/mol. The van der Waals surface area contributed by atoms with E-state index in [0.29, 0.717) is 18.5 Å². The second-order valence-corrected chi connectivity index (χ2v) is 4.62. The molecule has 0 bridgehead atoms. The third-order valence-electron chi connectivity index (χ3n) is 3.01. The van der Waals surface area contributed by atoms with Gasteiger partial charge in [-0.2, -0.15) is 0 Å². The van der Waals surface area contributed by atoms with Crippen LogP contribution in [-0.4, -0.2) is 29.6 Å². The average Bonchev–Trinajstić information content (AvgIpc) is 2.88. The lowest BCUT2D eigenvalue weighted by molar-refractivity contribution is -0.122. The number of aliphatic hydroxyl groups is 1. The van der Waals surface area contributed by atoms with Crippen LogP contribution in [0.3, 0.4) is 0 Å². The maximum Gasteiger partial charge on any atom is 0.246 e. The molecule has 1 aliphatic rings. The molecule has 0 radical (unpaired) electrons. The summed E-state index contributed by atoms with van der Waals surface area (Å²) >= 11 is 0. The molecule has 1 aliphatic heterocycles. The monoisotopic (exact) mass is 290 g/mol. The van der Waals surface area contributed by atoms with Gasteiger partial charge in [0.25, 0.3) is 0 Å². The maximum absolute atomic E-state index is 13.8. The first kappa shape index (κ1) is 15.0. The van der Waals surface area contributed by atoms with Crippen LogP contribution in [0.15, 0.2) is 18.2 Å². The summed E-state index contributed by atoms with van der Waals surface area (Å²) in [6.45, 7) is -0.0735. The predicted octanol–water partition coefficient (Wildman–Crippen LogP) is 0.777. The molecule has 1 aromatic carbocycles. The number of halogens is 1. The molecule has 1 fully saturated rings. The summed E-state index contributed by atoms with van der Waals surface area (Å²) in [5.74, 6) is 4.16.